The molecule has 1 amide bonds. The molecule has 0 atom stereocenters. The van der Waals surface area contributed by atoms with Crippen LogP contribution in [0.2, 0.25) is 0 Å². The molecule has 0 unspecified atom stereocenters. The van der Waals surface area contributed by atoms with Crippen molar-refractivity contribution in [3.63, 3.8) is 0 Å². The minimum absolute atomic E-state index is 0.00297. The first-order chi connectivity index (χ1) is 8.04. The molecule has 0 aliphatic carbocycles. The van der Waals surface area contributed by atoms with Crippen LogP contribution in [0.25, 0.3) is 10.9 Å². The fourth-order valence-corrected chi connectivity index (χ4v) is 2.38. The van der Waals surface area contributed by atoms with Crippen molar-refractivity contribution in [1.29, 1.82) is 0 Å². The van der Waals surface area contributed by atoms with E-state index in [-0.39, 0.29) is 5.91 Å². The number of carbonyl (C=O) groups excluding carboxylic acids is 1. The van der Waals surface area contributed by atoms with E-state index in [1.165, 1.54) is 5.56 Å². The Bertz CT molecular complexity index is 581. The van der Waals surface area contributed by atoms with Crippen molar-refractivity contribution in [3.05, 3.63) is 34.5 Å². The van der Waals surface area contributed by atoms with Crippen LogP contribution in [0.5, 0.6) is 0 Å². The number of aromatic amines is 1. The molecule has 90 valence electrons. The number of nitrogens with one attached hydrogen (secondary N) is 2. The third kappa shape index (κ3) is 1.93. The number of hydrogen-bond acceptors (Lipinski definition) is 1. The molecule has 0 bridgehead atoms. The first kappa shape index (κ1) is 11.7. The number of carbonyl (C=O) groups is 1. The zero-order chi connectivity index (χ0) is 12.6. The summed E-state index contributed by atoms with van der Waals surface area (Å²) < 4.78 is 0. The zero-order valence-corrected chi connectivity index (χ0v) is 10.8. The van der Waals surface area contributed by atoms with Crippen LogP contribution in [0, 0.1) is 20.8 Å². The quantitative estimate of drug-likeness (QED) is 0.818. The SMILES string of the molecule is CCNC(=O)c1c(C)[nH]c2cc(C)cc(C)c12. The lowest BCUT2D eigenvalue weighted by Gasteiger charge is -2.04. The largest absolute Gasteiger partial charge is 0.358 e. The summed E-state index contributed by atoms with van der Waals surface area (Å²) in [6, 6.07) is 4.19. The maximum Gasteiger partial charge on any atom is 0.253 e. The van der Waals surface area contributed by atoms with Crippen molar-refractivity contribution in [3.8, 4) is 0 Å². The second-order valence-corrected chi connectivity index (χ2v) is 4.49. The Morgan fingerprint density at radius 3 is 2.65 bits per heavy atom. The van der Waals surface area contributed by atoms with Crippen molar-refractivity contribution in [2.24, 2.45) is 0 Å². The van der Waals surface area contributed by atoms with Crippen molar-refractivity contribution >= 4 is 16.8 Å². The third-order valence-corrected chi connectivity index (χ3v) is 2.99. The van der Waals surface area contributed by atoms with Crippen molar-refractivity contribution in [2.75, 3.05) is 6.54 Å². The zero-order valence-electron chi connectivity index (χ0n) is 10.8. The molecule has 0 aliphatic rings. The third-order valence-electron chi connectivity index (χ3n) is 2.99. The van der Waals surface area contributed by atoms with Crippen molar-refractivity contribution in [1.82, 2.24) is 10.3 Å². The lowest BCUT2D eigenvalue weighted by molar-refractivity contribution is 0.0957. The molecule has 0 aliphatic heterocycles. The molecule has 0 spiro atoms. The fraction of sp³-hybridized carbons (Fsp3) is 0.357. The van der Waals surface area contributed by atoms with Crippen LogP contribution in [-0.4, -0.2) is 17.4 Å². The predicted octanol–water partition coefficient (Wildman–Crippen LogP) is 2.84. The Kier molecular flexibility index (Phi) is 2.92. The molecule has 1 aromatic carbocycles. The molecule has 1 heterocycles. The Morgan fingerprint density at radius 1 is 1.29 bits per heavy atom. The molecule has 0 radical (unpaired) electrons. The summed E-state index contributed by atoms with van der Waals surface area (Å²) in [6.45, 7) is 8.63. The highest BCUT2D eigenvalue weighted by atomic mass is 16.1. The molecular weight excluding hydrogens is 212 g/mol. The van der Waals surface area contributed by atoms with Gasteiger partial charge in [-0.1, -0.05) is 6.07 Å². The first-order valence-electron chi connectivity index (χ1n) is 5.92. The average molecular weight is 230 g/mol. The van der Waals surface area contributed by atoms with Gasteiger partial charge in [-0.2, -0.15) is 0 Å². The summed E-state index contributed by atoms with van der Waals surface area (Å²) in [4.78, 5) is 15.3. The van der Waals surface area contributed by atoms with Crippen LogP contribution in [0.4, 0.5) is 0 Å². The monoisotopic (exact) mass is 230 g/mol. The molecule has 0 saturated carbocycles. The van der Waals surface area contributed by atoms with Gasteiger partial charge in [0.05, 0.1) is 5.56 Å². The maximum absolute atomic E-state index is 12.0. The highest BCUT2D eigenvalue weighted by Crippen LogP contribution is 2.26. The van der Waals surface area contributed by atoms with Gasteiger partial charge < -0.3 is 10.3 Å². The summed E-state index contributed by atoms with van der Waals surface area (Å²) in [5.74, 6) is 0.00297. The Hall–Kier alpha value is -1.77. The second kappa shape index (κ2) is 4.24. The molecule has 2 aromatic rings. The summed E-state index contributed by atoms with van der Waals surface area (Å²) in [5, 5.41) is 3.90. The number of amides is 1. The van der Waals surface area contributed by atoms with Crippen LogP contribution >= 0.6 is 0 Å². The summed E-state index contributed by atoms with van der Waals surface area (Å²) >= 11 is 0. The standard InChI is InChI=1S/C14H18N2O/c1-5-15-14(17)13-10(4)16-11-7-8(2)6-9(3)12(11)13/h6-7,16H,5H2,1-4H3,(H,15,17). The van der Waals surface area contributed by atoms with Gasteiger partial charge in [0, 0.05) is 23.1 Å². The number of H-pyrrole nitrogens is 1. The van der Waals surface area contributed by atoms with Crippen LogP contribution in [0.15, 0.2) is 12.1 Å². The topological polar surface area (TPSA) is 44.9 Å². The van der Waals surface area contributed by atoms with Gasteiger partial charge in [-0.15, -0.1) is 0 Å². The summed E-state index contributed by atoms with van der Waals surface area (Å²) in [6.07, 6.45) is 0. The van der Waals surface area contributed by atoms with Crippen LogP contribution < -0.4 is 5.32 Å². The van der Waals surface area contributed by atoms with Gasteiger partial charge in [-0.3, -0.25) is 4.79 Å². The Labute approximate surface area is 101 Å². The number of fused-ring (bicyclic) bond motifs is 1. The fourth-order valence-electron chi connectivity index (χ4n) is 2.38. The molecule has 3 nitrogen and oxygen atoms in total. The number of benzene rings is 1. The molecule has 3 heteroatoms. The molecule has 17 heavy (non-hydrogen) atoms. The Balaban J connectivity index is 2.71. The lowest BCUT2D eigenvalue weighted by atomic mass is 10.0. The van der Waals surface area contributed by atoms with Crippen molar-refractivity contribution < 1.29 is 4.79 Å². The average Bonchev–Trinajstić information content (AvgIpc) is 2.54. The van der Waals surface area contributed by atoms with Crippen LogP contribution in [0.3, 0.4) is 0 Å². The molecular formula is C14H18N2O. The van der Waals surface area contributed by atoms with Crippen LogP contribution in [0.1, 0.15) is 34.1 Å². The van der Waals surface area contributed by atoms with E-state index in [1.54, 1.807) is 0 Å². The number of hydrogen-bond donors (Lipinski definition) is 2. The number of aryl methyl sites for hydroxylation is 3. The van der Waals surface area contributed by atoms with Gasteiger partial charge in [0.25, 0.3) is 5.91 Å². The number of aromatic nitrogens is 1. The summed E-state index contributed by atoms with van der Waals surface area (Å²) in [5.41, 5.74) is 5.10. The lowest BCUT2D eigenvalue weighted by Crippen LogP contribution is -2.23. The van der Waals surface area contributed by atoms with Crippen molar-refractivity contribution in [2.45, 2.75) is 27.7 Å². The molecule has 2 rings (SSSR count). The molecule has 1 aromatic heterocycles. The molecule has 2 N–H and O–H groups in total. The van der Waals surface area contributed by atoms with E-state index in [0.29, 0.717) is 6.54 Å². The van der Waals surface area contributed by atoms with E-state index < -0.39 is 0 Å². The highest BCUT2D eigenvalue weighted by molar-refractivity contribution is 6.09. The van der Waals surface area contributed by atoms with Gasteiger partial charge in [0.2, 0.25) is 0 Å². The van der Waals surface area contributed by atoms with E-state index in [2.05, 4.69) is 29.4 Å². The predicted molar refractivity (Wildman–Crippen MR) is 70.5 cm³/mol. The van der Waals surface area contributed by atoms with E-state index >= 15 is 0 Å². The molecule has 0 saturated heterocycles. The minimum Gasteiger partial charge on any atom is -0.358 e. The minimum atomic E-state index is 0.00297. The number of rotatable bonds is 2. The van der Waals surface area contributed by atoms with E-state index in [1.807, 2.05) is 20.8 Å². The van der Waals surface area contributed by atoms with E-state index in [4.69, 9.17) is 0 Å². The van der Waals surface area contributed by atoms with Crippen LogP contribution in [-0.2, 0) is 0 Å². The van der Waals surface area contributed by atoms with E-state index in [9.17, 15) is 4.79 Å². The van der Waals surface area contributed by atoms with Gasteiger partial charge >= 0.3 is 0 Å². The second-order valence-electron chi connectivity index (χ2n) is 4.49. The summed E-state index contributed by atoms with van der Waals surface area (Å²) in [7, 11) is 0. The Morgan fingerprint density at radius 2 is 2.00 bits per heavy atom. The van der Waals surface area contributed by atoms with Gasteiger partial charge in [0.15, 0.2) is 0 Å². The van der Waals surface area contributed by atoms with E-state index in [0.717, 1.165) is 27.7 Å². The molecule has 0 fully saturated rings. The normalized spacial score (nSPS) is 10.8. The van der Waals surface area contributed by atoms with Gasteiger partial charge in [-0.05, 0) is 44.9 Å². The van der Waals surface area contributed by atoms with Gasteiger partial charge in [-0.25, -0.2) is 0 Å². The first-order valence-corrected chi connectivity index (χ1v) is 5.92. The highest BCUT2D eigenvalue weighted by Gasteiger charge is 2.16. The smallest absolute Gasteiger partial charge is 0.253 e. The maximum atomic E-state index is 12.0. The van der Waals surface area contributed by atoms with Gasteiger partial charge in [0.1, 0.15) is 0 Å².